The normalized spacial score (nSPS) is 12.2. The van der Waals surface area contributed by atoms with Gasteiger partial charge in [-0.15, -0.1) is 0 Å². The van der Waals surface area contributed by atoms with Crippen molar-refractivity contribution in [1.82, 2.24) is 0 Å². The summed E-state index contributed by atoms with van der Waals surface area (Å²) in [4.78, 5) is 12.8. The fourth-order valence-corrected chi connectivity index (χ4v) is 4.31. The molecule has 0 aliphatic heterocycles. The Hall–Kier alpha value is -3.03. The molecule has 3 aromatic carbocycles. The number of hydrogen-bond acceptors (Lipinski definition) is 4. The van der Waals surface area contributed by atoms with E-state index in [1.54, 1.807) is 18.2 Å². The van der Waals surface area contributed by atoms with Crippen LogP contribution in [-0.4, -0.2) is 20.4 Å². The minimum atomic E-state index is -3.80. The van der Waals surface area contributed by atoms with E-state index in [2.05, 4.69) is 10.0 Å². The maximum absolute atomic E-state index is 12.7. The first-order chi connectivity index (χ1) is 15.6. The van der Waals surface area contributed by atoms with Crippen LogP contribution in [0.2, 0.25) is 5.02 Å². The van der Waals surface area contributed by atoms with Crippen LogP contribution < -0.4 is 14.8 Å². The molecule has 0 saturated carbocycles. The third kappa shape index (κ3) is 6.27. The lowest BCUT2D eigenvalue weighted by Crippen LogP contribution is -2.32. The summed E-state index contributed by atoms with van der Waals surface area (Å²) in [5.41, 5.74) is 3.93. The van der Waals surface area contributed by atoms with Gasteiger partial charge >= 0.3 is 0 Å². The fraction of sp³-hybridized carbons (Fsp3) is 0.240. The Kier molecular flexibility index (Phi) is 7.66. The van der Waals surface area contributed by atoms with Gasteiger partial charge in [-0.3, -0.25) is 9.52 Å². The van der Waals surface area contributed by atoms with Crippen LogP contribution >= 0.6 is 11.6 Å². The second-order valence-corrected chi connectivity index (χ2v) is 9.93. The number of carbonyl (C=O) groups is 1. The Labute approximate surface area is 200 Å². The number of aryl methyl sites for hydroxylation is 3. The zero-order chi connectivity index (χ0) is 24.2. The van der Waals surface area contributed by atoms with Crippen LogP contribution in [0.4, 0.5) is 11.4 Å². The third-order valence-electron chi connectivity index (χ3n) is 5.28. The van der Waals surface area contributed by atoms with Crippen LogP contribution in [-0.2, 0) is 14.8 Å². The molecule has 0 unspecified atom stereocenters. The Morgan fingerprint density at radius 3 is 2.15 bits per heavy atom. The van der Waals surface area contributed by atoms with Crippen molar-refractivity contribution in [3.8, 4) is 5.75 Å². The highest BCUT2D eigenvalue weighted by molar-refractivity contribution is 7.92. The van der Waals surface area contributed by atoms with Crippen molar-refractivity contribution in [3.05, 3.63) is 82.4 Å². The molecule has 2 N–H and O–H groups in total. The maximum atomic E-state index is 12.7. The Morgan fingerprint density at radius 1 is 0.909 bits per heavy atom. The van der Waals surface area contributed by atoms with Crippen molar-refractivity contribution in [3.63, 3.8) is 0 Å². The van der Waals surface area contributed by atoms with Gasteiger partial charge in [0.15, 0.2) is 6.10 Å². The highest BCUT2D eigenvalue weighted by Gasteiger charge is 2.20. The molecule has 8 heteroatoms. The van der Waals surface area contributed by atoms with Gasteiger partial charge in [-0.1, -0.05) is 30.7 Å². The summed E-state index contributed by atoms with van der Waals surface area (Å²) < 4.78 is 33.7. The van der Waals surface area contributed by atoms with Gasteiger partial charge in [-0.25, -0.2) is 8.42 Å². The molecule has 174 valence electrons. The van der Waals surface area contributed by atoms with Gasteiger partial charge in [0.2, 0.25) is 0 Å². The van der Waals surface area contributed by atoms with Crippen molar-refractivity contribution in [2.24, 2.45) is 0 Å². The van der Waals surface area contributed by atoms with Crippen molar-refractivity contribution >= 4 is 38.9 Å². The molecule has 0 saturated heterocycles. The van der Waals surface area contributed by atoms with E-state index in [1.165, 1.54) is 24.3 Å². The van der Waals surface area contributed by atoms with E-state index >= 15 is 0 Å². The molecule has 0 aliphatic rings. The average Bonchev–Trinajstić information content (AvgIpc) is 2.77. The molecule has 0 aliphatic carbocycles. The van der Waals surface area contributed by atoms with Crippen LogP contribution in [0.5, 0.6) is 5.75 Å². The van der Waals surface area contributed by atoms with Crippen molar-refractivity contribution in [2.45, 2.75) is 45.1 Å². The van der Waals surface area contributed by atoms with Gasteiger partial charge in [-0.05, 0) is 92.4 Å². The zero-order valence-electron chi connectivity index (χ0n) is 19.0. The Balaban J connectivity index is 1.67. The largest absolute Gasteiger partial charge is 0.481 e. The van der Waals surface area contributed by atoms with Crippen LogP contribution in [0, 0.1) is 20.8 Å². The molecule has 0 aromatic heterocycles. The molecule has 0 bridgehead atoms. The SMILES string of the molecule is CC[C@@H](Oc1ccc(C)c(C)c1)C(=O)Nc1ccc(S(=O)(=O)Nc2ccc(C)c(Cl)c2)cc1. The lowest BCUT2D eigenvalue weighted by atomic mass is 10.1. The Bertz CT molecular complexity index is 1260. The predicted octanol–water partition coefficient (Wildman–Crippen LogP) is 5.86. The van der Waals surface area contributed by atoms with E-state index in [0.29, 0.717) is 28.6 Å². The van der Waals surface area contributed by atoms with Crippen LogP contribution in [0.3, 0.4) is 0 Å². The number of benzene rings is 3. The summed E-state index contributed by atoms with van der Waals surface area (Å²) in [6.07, 6.45) is -0.197. The molecule has 1 atom stereocenters. The predicted molar refractivity (Wildman–Crippen MR) is 133 cm³/mol. The first kappa shape index (κ1) is 24.6. The molecular weight excluding hydrogens is 460 g/mol. The zero-order valence-corrected chi connectivity index (χ0v) is 20.5. The van der Waals surface area contributed by atoms with E-state index < -0.39 is 16.1 Å². The summed E-state index contributed by atoms with van der Waals surface area (Å²) in [5, 5.41) is 3.26. The summed E-state index contributed by atoms with van der Waals surface area (Å²) in [6, 6.07) is 16.6. The maximum Gasteiger partial charge on any atom is 0.265 e. The first-order valence-corrected chi connectivity index (χ1v) is 12.4. The summed E-state index contributed by atoms with van der Waals surface area (Å²) in [7, 11) is -3.80. The third-order valence-corrected chi connectivity index (χ3v) is 7.08. The minimum absolute atomic E-state index is 0.0654. The van der Waals surface area contributed by atoms with E-state index in [9.17, 15) is 13.2 Å². The number of ether oxygens (including phenoxy) is 1. The van der Waals surface area contributed by atoms with Crippen LogP contribution in [0.25, 0.3) is 0 Å². The molecule has 0 radical (unpaired) electrons. The molecule has 3 aromatic rings. The van der Waals surface area contributed by atoms with Crippen LogP contribution in [0.1, 0.15) is 30.0 Å². The van der Waals surface area contributed by atoms with Crippen molar-refractivity contribution in [1.29, 1.82) is 0 Å². The number of anilines is 2. The van der Waals surface area contributed by atoms with E-state index in [0.717, 1.165) is 16.7 Å². The summed E-state index contributed by atoms with van der Waals surface area (Å²) >= 11 is 6.08. The van der Waals surface area contributed by atoms with Gasteiger partial charge in [-0.2, -0.15) is 0 Å². The lowest BCUT2D eigenvalue weighted by molar-refractivity contribution is -0.122. The molecule has 3 rings (SSSR count). The number of amides is 1. The van der Waals surface area contributed by atoms with Crippen molar-refractivity contribution < 1.29 is 17.9 Å². The quantitative estimate of drug-likeness (QED) is 0.417. The number of hydrogen-bond donors (Lipinski definition) is 2. The monoisotopic (exact) mass is 486 g/mol. The molecular formula is C25H27ClN2O4S. The van der Waals surface area contributed by atoms with Gasteiger partial charge in [0, 0.05) is 10.7 Å². The smallest absolute Gasteiger partial charge is 0.265 e. The molecule has 0 heterocycles. The van der Waals surface area contributed by atoms with Crippen LogP contribution in [0.15, 0.2) is 65.6 Å². The second-order valence-electron chi connectivity index (χ2n) is 7.84. The second kappa shape index (κ2) is 10.3. The summed E-state index contributed by atoms with van der Waals surface area (Å²) in [5.74, 6) is 0.322. The number of nitrogens with one attached hydrogen (secondary N) is 2. The molecule has 0 fully saturated rings. The fourth-order valence-electron chi connectivity index (χ4n) is 3.08. The van der Waals surface area contributed by atoms with E-state index in [-0.39, 0.29) is 10.8 Å². The molecule has 6 nitrogen and oxygen atoms in total. The first-order valence-electron chi connectivity index (χ1n) is 10.5. The lowest BCUT2D eigenvalue weighted by Gasteiger charge is -2.18. The van der Waals surface area contributed by atoms with Gasteiger partial charge in [0.05, 0.1) is 10.6 Å². The highest BCUT2D eigenvalue weighted by atomic mass is 35.5. The van der Waals surface area contributed by atoms with E-state index in [4.69, 9.17) is 16.3 Å². The van der Waals surface area contributed by atoms with Gasteiger partial charge in [0.1, 0.15) is 5.75 Å². The number of carbonyl (C=O) groups excluding carboxylic acids is 1. The number of halogens is 1. The molecule has 0 spiro atoms. The highest BCUT2D eigenvalue weighted by Crippen LogP contribution is 2.24. The van der Waals surface area contributed by atoms with Crippen molar-refractivity contribution in [2.75, 3.05) is 10.0 Å². The Morgan fingerprint density at radius 2 is 1.55 bits per heavy atom. The standard InChI is InChI=1S/C25H27ClN2O4S/c1-5-24(32-21-11-7-16(2)18(4)14-21)25(29)27-19-9-12-22(13-10-19)33(30,31)28-20-8-6-17(3)23(26)15-20/h6-15,24,28H,5H2,1-4H3,(H,27,29)/t24-/m1/s1. The molecule has 1 amide bonds. The average molecular weight is 487 g/mol. The van der Waals surface area contributed by atoms with Gasteiger partial charge in [0.25, 0.3) is 15.9 Å². The minimum Gasteiger partial charge on any atom is -0.481 e. The topological polar surface area (TPSA) is 84.5 Å². The van der Waals surface area contributed by atoms with Gasteiger partial charge < -0.3 is 10.1 Å². The number of sulfonamides is 1. The number of rotatable bonds is 8. The molecule has 33 heavy (non-hydrogen) atoms. The van der Waals surface area contributed by atoms with E-state index in [1.807, 2.05) is 45.9 Å². The summed E-state index contributed by atoms with van der Waals surface area (Å²) in [6.45, 7) is 7.70.